The molecule has 0 saturated heterocycles. The lowest BCUT2D eigenvalue weighted by atomic mass is 10.1. The van der Waals surface area contributed by atoms with E-state index in [0.29, 0.717) is 10.6 Å². The molecule has 0 saturated carbocycles. The summed E-state index contributed by atoms with van der Waals surface area (Å²) < 4.78 is 36.6. The molecule has 102 valence electrons. The Morgan fingerprint density at radius 1 is 1.28 bits per heavy atom. The van der Waals surface area contributed by atoms with Gasteiger partial charge in [0.25, 0.3) is 0 Å². The Bertz CT molecular complexity index is 367. The van der Waals surface area contributed by atoms with E-state index >= 15 is 0 Å². The van der Waals surface area contributed by atoms with Crippen molar-refractivity contribution in [1.29, 1.82) is 0 Å². The quantitative estimate of drug-likeness (QED) is 0.868. The Balaban J connectivity index is 2.64. The van der Waals surface area contributed by atoms with Gasteiger partial charge in [-0.3, -0.25) is 0 Å². The summed E-state index contributed by atoms with van der Waals surface area (Å²) in [4.78, 5) is 0. The fraction of sp³-hybridized carbons (Fsp3) is 0.500. The molecule has 2 atom stereocenters. The van der Waals surface area contributed by atoms with E-state index in [1.807, 2.05) is 0 Å². The summed E-state index contributed by atoms with van der Waals surface area (Å²) in [5.74, 6) is 0. The van der Waals surface area contributed by atoms with Crippen LogP contribution >= 0.6 is 11.6 Å². The van der Waals surface area contributed by atoms with Gasteiger partial charge < -0.3 is 10.4 Å². The van der Waals surface area contributed by atoms with Crippen molar-refractivity contribution < 1.29 is 18.3 Å². The predicted octanol–water partition coefficient (Wildman–Crippen LogP) is 3.30. The maximum Gasteiger partial charge on any atom is 0.390 e. The average Bonchev–Trinajstić information content (AvgIpc) is 2.25. The van der Waals surface area contributed by atoms with Crippen LogP contribution in [0.5, 0.6) is 0 Å². The third kappa shape index (κ3) is 5.25. The second kappa shape index (κ2) is 6.41. The summed E-state index contributed by atoms with van der Waals surface area (Å²) >= 11 is 5.72. The Kier molecular flexibility index (Phi) is 5.44. The van der Waals surface area contributed by atoms with Crippen LogP contribution in [0.15, 0.2) is 24.3 Å². The molecule has 0 spiro atoms. The molecule has 1 rings (SSSR count). The van der Waals surface area contributed by atoms with Crippen LogP contribution in [0.3, 0.4) is 0 Å². The summed E-state index contributed by atoms with van der Waals surface area (Å²) in [5.41, 5.74) is 0.705. The highest BCUT2D eigenvalue weighted by atomic mass is 35.5. The normalized spacial score (nSPS) is 15.4. The molecule has 0 aliphatic heterocycles. The standard InChI is InChI=1S/C12H15ClF3NO/c1-8(6-12(14,15)16)17-11(7-18)9-2-4-10(13)5-3-9/h2-5,8,11,17-18H,6-7H2,1H3. The molecule has 2 nitrogen and oxygen atoms in total. The molecular formula is C12H15ClF3NO. The molecule has 0 heterocycles. The molecule has 18 heavy (non-hydrogen) atoms. The average molecular weight is 282 g/mol. The highest BCUT2D eigenvalue weighted by Gasteiger charge is 2.30. The van der Waals surface area contributed by atoms with E-state index in [1.54, 1.807) is 24.3 Å². The molecule has 0 aromatic heterocycles. The first-order valence-corrected chi connectivity index (χ1v) is 5.88. The number of nitrogens with one attached hydrogen (secondary N) is 1. The van der Waals surface area contributed by atoms with Crippen molar-refractivity contribution in [3.8, 4) is 0 Å². The molecule has 2 N–H and O–H groups in total. The van der Waals surface area contributed by atoms with E-state index < -0.39 is 24.7 Å². The van der Waals surface area contributed by atoms with E-state index in [9.17, 15) is 18.3 Å². The van der Waals surface area contributed by atoms with Gasteiger partial charge in [0.1, 0.15) is 0 Å². The molecule has 2 unspecified atom stereocenters. The van der Waals surface area contributed by atoms with E-state index in [4.69, 9.17) is 11.6 Å². The number of hydrogen-bond acceptors (Lipinski definition) is 2. The fourth-order valence-electron chi connectivity index (χ4n) is 1.70. The summed E-state index contributed by atoms with van der Waals surface area (Å²) in [6, 6.07) is 5.33. The second-order valence-electron chi connectivity index (χ2n) is 4.17. The highest BCUT2D eigenvalue weighted by molar-refractivity contribution is 6.30. The largest absolute Gasteiger partial charge is 0.394 e. The van der Waals surface area contributed by atoms with E-state index in [-0.39, 0.29) is 6.61 Å². The molecular weight excluding hydrogens is 267 g/mol. The maximum absolute atomic E-state index is 12.2. The van der Waals surface area contributed by atoms with Gasteiger partial charge in [-0.05, 0) is 24.6 Å². The Hall–Kier alpha value is -0.780. The first-order valence-electron chi connectivity index (χ1n) is 5.51. The van der Waals surface area contributed by atoms with Crippen molar-refractivity contribution in [3.63, 3.8) is 0 Å². The molecule has 6 heteroatoms. The van der Waals surface area contributed by atoms with Crippen molar-refractivity contribution in [2.45, 2.75) is 31.6 Å². The van der Waals surface area contributed by atoms with Crippen LogP contribution in [-0.2, 0) is 0 Å². The Morgan fingerprint density at radius 3 is 2.28 bits per heavy atom. The van der Waals surface area contributed by atoms with Gasteiger partial charge in [-0.1, -0.05) is 23.7 Å². The fourth-order valence-corrected chi connectivity index (χ4v) is 1.82. The minimum absolute atomic E-state index is 0.274. The van der Waals surface area contributed by atoms with E-state index in [2.05, 4.69) is 5.32 Å². The van der Waals surface area contributed by atoms with Crippen LogP contribution in [0.2, 0.25) is 5.02 Å². The summed E-state index contributed by atoms with van der Waals surface area (Å²) in [6.45, 7) is 1.16. The number of aliphatic hydroxyl groups excluding tert-OH is 1. The monoisotopic (exact) mass is 281 g/mol. The van der Waals surface area contributed by atoms with Crippen molar-refractivity contribution in [3.05, 3.63) is 34.9 Å². The van der Waals surface area contributed by atoms with Gasteiger partial charge in [-0.25, -0.2) is 0 Å². The third-order valence-electron chi connectivity index (χ3n) is 2.48. The zero-order valence-corrected chi connectivity index (χ0v) is 10.6. The number of hydrogen-bond donors (Lipinski definition) is 2. The van der Waals surface area contributed by atoms with Gasteiger partial charge in [0, 0.05) is 11.1 Å². The van der Waals surface area contributed by atoms with Crippen LogP contribution < -0.4 is 5.32 Å². The zero-order valence-electron chi connectivity index (χ0n) is 9.84. The Morgan fingerprint density at radius 2 is 1.83 bits per heavy atom. The topological polar surface area (TPSA) is 32.3 Å². The SMILES string of the molecule is CC(CC(F)(F)F)NC(CO)c1ccc(Cl)cc1. The van der Waals surface area contributed by atoms with Gasteiger partial charge in [0.05, 0.1) is 19.1 Å². The van der Waals surface area contributed by atoms with Crippen LogP contribution in [0.4, 0.5) is 13.2 Å². The first-order chi connectivity index (χ1) is 8.31. The van der Waals surface area contributed by atoms with Crippen LogP contribution in [0.1, 0.15) is 24.9 Å². The molecule has 0 bridgehead atoms. The van der Waals surface area contributed by atoms with Gasteiger partial charge in [0.15, 0.2) is 0 Å². The maximum atomic E-state index is 12.2. The molecule has 0 amide bonds. The van der Waals surface area contributed by atoms with Gasteiger partial charge >= 0.3 is 6.18 Å². The molecule has 0 fully saturated rings. The van der Waals surface area contributed by atoms with Crippen molar-refractivity contribution in [1.82, 2.24) is 5.32 Å². The van der Waals surface area contributed by atoms with E-state index in [0.717, 1.165) is 0 Å². The first kappa shape index (κ1) is 15.3. The molecule has 0 aliphatic carbocycles. The second-order valence-corrected chi connectivity index (χ2v) is 4.61. The number of rotatable bonds is 5. The summed E-state index contributed by atoms with van der Waals surface area (Å²) in [6.07, 6.45) is -5.15. The van der Waals surface area contributed by atoms with Crippen molar-refractivity contribution in [2.24, 2.45) is 0 Å². The van der Waals surface area contributed by atoms with Crippen LogP contribution in [-0.4, -0.2) is 23.9 Å². The Labute approximate surface area is 109 Å². The van der Waals surface area contributed by atoms with Gasteiger partial charge in [0.2, 0.25) is 0 Å². The van der Waals surface area contributed by atoms with Crippen LogP contribution in [0.25, 0.3) is 0 Å². The smallest absolute Gasteiger partial charge is 0.390 e. The molecule has 1 aromatic carbocycles. The number of halogens is 4. The zero-order chi connectivity index (χ0) is 13.8. The van der Waals surface area contributed by atoms with Crippen LogP contribution in [0, 0.1) is 0 Å². The highest BCUT2D eigenvalue weighted by Crippen LogP contribution is 2.23. The van der Waals surface area contributed by atoms with Crippen molar-refractivity contribution >= 4 is 11.6 Å². The van der Waals surface area contributed by atoms with Gasteiger partial charge in [-0.2, -0.15) is 13.2 Å². The number of benzene rings is 1. The predicted molar refractivity (Wildman–Crippen MR) is 64.5 cm³/mol. The molecule has 0 radical (unpaired) electrons. The number of aliphatic hydroxyl groups is 1. The van der Waals surface area contributed by atoms with Gasteiger partial charge in [-0.15, -0.1) is 0 Å². The lowest BCUT2D eigenvalue weighted by molar-refractivity contribution is -0.139. The summed E-state index contributed by atoms with van der Waals surface area (Å²) in [7, 11) is 0. The number of alkyl halides is 3. The minimum Gasteiger partial charge on any atom is -0.394 e. The van der Waals surface area contributed by atoms with E-state index in [1.165, 1.54) is 6.92 Å². The lowest BCUT2D eigenvalue weighted by Gasteiger charge is -2.23. The minimum atomic E-state index is -4.22. The molecule has 1 aromatic rings. The van der Waals surface area contributed by atoms with Crippen molar-refractivity contribution in [2.75, 3.05) is 6.61 Å². The molecule has 0 aliphatic rings. The summed E-state index contributed by atoms with van der Waals surface area (Å²) in [5, 5.41) is 12.5. The third-order valence-corrected chi connectivity index (χ3v) is 2.73. The lowest BCUT2D eigenvalue weighted by Crippen LogP contribution is -2.35.